The lowest BCUT2D eigenvalue weighted by molar-refractivity contribution is -0.123. The number of carbonyl (C=O) groups excluding carboxylic acids is 1. The summed E-state index contributed by atoms with van der Waals surface area (Å²) in [6.45, 7) is 2.89. The fourth-order valence-corrected chi connectivity index (χ4v) is 5.38. The van der Waals surface area contributed by atoms with Crippen molar-refractivity contribution in [3.05, 3.63) is 71.7 Å². The third kappa shape index (κ3) is 3.32. The molecule has 0 bridgehead atoms. The summed E-state index contributed by atoms with van der Waals surface area (Å²) < 4.78 is 15.3. The second-order valence-corrected chi connectivity index (χ2v) is 8.93. The molecule has 5 heteroatoms. The number of nitrogens with zero attached hydrogens (tertiary/aromatic N) is 2. The quantitative estimate of drug-likeness (QED) is 0.467. The highest BCUT2D eigenvalue weighted by atomic mass is 19.1. The van der Waals surface area contributed by atoms with Crippen molar-refractivity contribution in [3.8, 4) is 0 Å². The van der Waals surface area contributed by atoms with Gasteiger partial charge in [-0.25, -0.2) is 9.82 Å². The summed E-state index contributed by atoms with van der Waals surface area (Å²) in [7, 11) is 0. The molecule has 3 aromatic rings. The van der Waals surface area contributed by atoms with Crippen LogP contribution in [0.3, 0.4) is 0 Å². The van der Waals surface area contributed by atoms with Crippen molar-refractivity contribution >= 4 is 23.0 Å². The number of benzene rings is 2. The number of fused-ring (bicyclic) bond motifs is 2. The average molecular weight is 404 g/mol. The lowest BCUT2D eigenvalue weighted by Gasteiger charge is -2.15. The summed E-state index contributed by atoms with van der Waals surface area (Å²) >= 11 is 0. The molecule has 1 amide bonds. The van der Waals surface area contributed by atoms with Crippen LogP contribution in [0.25, 0.3) is 10.9 Å². The molecule has 0 unspecified atom stereocenters. The van der Waals surface area contributed by atoms with Crippen LogP contribution in [0.2, 0.25) is 0 Å². The van der Waals surface area contributed by atoms with E-state index in [0.29, 0.717) is 12.5 Å². The molecule has 2 aliphatic carbocycles. The van der Waals surface area contributed by atoms with Gasteiger partial charge in [0.2, 0.25) is 5.91 Å². The average Bonchev–Trinajstić information content (AvgIpc) is 3.25. The molecule has 2 aliphatic rings. The van der Waals surface area contributed by atoms with Crippen molar-refractivity contribution in [1.29, 1.82) is 0 Å². The van der Waals surface area contributed by atoms with E-state index >= 15 is 0 Å². The highest BCUT2D eigenvalue weighted by Crippen LogP contribution is 2.66. The number of rotatable bonds is 5. The summed E-state index contributed by atoms with van der Waals surface area (Å²) in [5, 5.41) is 5.36. The van der Waals surface area contributed by atoms with E-state index in [9.17, 15) is 9.18 Å². The van der Waals surface area contributed by atoms with Crippen LogP contribution in [0, 0.1) is 23.1 Å². The Labute approximate surface area is 175 Å². The van der Waals surface area contributed by atoms with Crippen molar-refractivity contribution < 1.29 is 9.18 Å². The van der Waals surface area contributed by atoms with Gasteiger partial charge in [0, 0.05) is 35.1 Å². The van der Waals surface area contributed by atoms with E-state index in [-0.39, 0.29) is 23.1 Å². The lowest BCUT2D eigenvalue weighted by Crippen LogP contribution is -2.22. The second kappa shape index (κ2) is 7.38. The van der Waals surface area contributed by atoms with Crippen molar-refractivity contribution in [2.75, 3.05) is 0 Å². The number of hydrazone groups is 1. The van der Waals surface area contributed by atoms with Crippen LogP contribution in [-0.2, 0) is 11.3 Å². The molecular weight excluding hydrogens is 377 g/mol. The first-order valence-electron chi connectivity index (χ1n) is 10.7. The smallest absolute Gasteiger partial charge is 0.244 e. The van der Waals surface area contributed by atoms with Crippen LogP contribution < -0.4 is 5.43 Å². The summed E-state index contributed by atoms with van der Waals surface area (Å²) in [4.78, 5) is 12.6. The first-order valence-corrected chi connectivity index (χ1v) is 10.7. The standard InChI is InChI=1S/C25H26FN3O/c1-25-13-5-4-7-21(25)23(25)24(30)28-27-14-18-16-29(22-8-3-2-6-20(18)22)15-17-9-11-19(26)12-10-17/h2-3,6,8-12,14,16,21,23H,4-5,7,13,15H2,1H3,(H,28,30)/b27-14-/t21-,23+,25+/m1/s1. The van der Waals surface area contributed by atoms with E-state index in [2.05, 4.69) is 34.2 Å². The Balaban J connectivity index is 1.33. The zero-order chi connectivity index (χ0) is 20.7. The highest BCUT2D eigenvalue weighted by Gasteiger charge is 2.64. The normalized spacial score (nSPS) is 25.4. The number of carbonyl (C=O) groups is 1. The van der Waals surface area contributed by atoms with Gasteiger partial charge in [-0.3, -0.25) is 4.79 Å². The van der Waals surface area contributed by atoms with Crippen molar-refractivity contribution in [3.63, 3.8) is 0 Å². The van der Waals surface area contributed by atoms with Gasteiger partial charge < -0.3 is 4.57 Å². The predicted octanol–water partition coefficient (Wildman–Crippen LogP) is 5.11. The predicted molar refractivity (Wildman–Crippen MR) is 117 cm³/mol. The summed E-state index contributed by atoms with van der Waals surface area (Å²) in [6, 6.07) is 14.7. The molecule has 4 nitrogen and oxygen atoms in total. The Morgan fingerprint density at radius 3 is 2.80 bits per heavy atom. The number of amides is 1. The monoisotopic (exact) mass is 403 g/mol. The zero-order valence-corrected chi connectivity index (χ0v) is 17.1. The maximum Gasteiger partial charge on any atom is 0.244 e. The van der Waals surface area contributed by atoms with Gasteiger partial charge >= 0.3 is 0 Å². The molecule has 1 heterocycles. The molecule has 2 aromatic carbocycles. The molecule has 30 heavy (non-hydrogen) atoms. The summed E-state index contributed by atoms with van der Waals surface area (Å²) in [5.74, 6) is 0.454. The minimum Gasteiger partial charge on any atom is -0.342 e. The molecule has 0 spiro atoms. The van der Waals surface area contributed by atoms with E-state index in [0.717, 1.165) is 34.9 Å². The third-order valence-electron chi connectivity index (χ3n) is 7.08. The largest absolute Gasteiger partial charge is 0.342 e. The van der Waals surface area contributed by atoms with Crippen LogP contribution in [0.4, 0.5) is 4.39 Å². The molecule has 0 radical (unpaired) electrons. The molecule has 5 rings (SSSR count). The van der Waals surface area contributed by atoms with E-state index in [1.807, 2.05) is 18.3 Å². The maximum atomic E-state index is 13.2. The van der Waals surface area contributed by atoms with Gasteiger partial charge in [0.05, 0.1) is 6.21 Å². The van der Waals surface area contributed by atoms with Gasteiger partial charge in [0.15, 0.2) is 0 Å². The zero-order valence-electron chi connectivity index (χ0n) is 17.1. The molecule has 1 N–H and O–H groups in total. The fourth-order valence-electron chi connectivity index (χ4n) is 5.38. The van der Waals surface area contributed by atoms with Crippen LogP contribution in [-0.4, -0.2) is 16.7 Å². The van der Waals surface area contributed by atoms with Gasteiger partial charge in [-0.15, -0.1) is 0 Å². The van der Waals surface area contributed by atoms with E-state index in [1.165, 1.54) is 25.0 Å². The Bertz CT molecular complexity index is 1120. The topological polar surface area (TPSA) is 46.4 Å². The molecule has 1 aromatic heterocycles. The van der Waals surface area contributed by atoms with Gasteiger partial charge in [-0.05, 0) is 47.9 Å². The Hall–Kier alpha value is -2.95. The molecule has 2 saturated carbocycles. The summed E-state index contributed by atoms with van der Waals surface area (Å²) in [6.07, 6.45) is 8.54. The minimum atomic E-state index is -0.232. The van der Waals surface area contributed by atoms with E-state index < -0.39 is 0 Å². The number of aromatic nitrogens is 1. The van der Waals surface area contributed by atoms with Crippen molar-refractivity contribution in [2.24, 2.45) is 22.4 Å². The molecule has 0 saturated heterocycles. The van der Waals surface area contributed by atoms with Crippen molar-refractivity contribution in [2.45, 2.75) is 39.2 Å². The number of hydrogen-bond acceptors (Lipinski definition) is 2. The third-order valence-corrected chi connectivity index (χ3v) is 7.08. The molecule has 0 aliphatic heterocycles. The number of halogens is 1. The molecule has 154 valence electrons. The van der Waals surface area contributed by atoms with Crippen LogP contribution in [0.15, 0.2) is 59.8 Å². The second-order valence-electron chi connectivity index (χ2n) is 8.93. The number of para-hydroxylation sites is 1. The van der Waals surface area contributed by atoms with E-state index in [1.54, 1.807) is 18.3 Å². The maximum absolute atomic E-state index is 13.2. The minimum absolute atomic E-state index is 0.0516. The fraction of sp³-hybridized carbons (Fsp3) is 0.360. The van der Waals surface area contributed by atoms with Gasteiger partial charge in [-0.2, -0.15) is 5.10 Å². The van der Waals surface area contributed by atoms with Crippen LogP contribution in [0.1, 0.15) is 43.7 Å². The van der Waals surface area contributed by atoms with Gasteiger partial charge in [0.1, 0.15) is 5.82 Å². The molecule has 2 fully saturated rings. The highest BCUT2D eigenvalue weighted by molar-refractivity contribution is 5.99. The SMILES string of the molecule is C[C@]12CCCC[C@@H]1[C@H]2C(=O)N/N=C\c1cn(Cc2ccc(F)cc2)c2ccccc12. The number of hydrogen-bond donors (Lipinski definition) is 1. The Morgan fingerprint density at radius 2 is 2.03 bits per heavy atom. The van der Waals surface area contributed by atoms with Gasteiger partial charge in [0.25, 0.3) is 0 Å². The van der Waals surface area contributed by atoms with Gasteiger partial charge in [-0.1, -0.05) is 50.1 Å². The van der Waals surface area contributed by atoms with Crippen molar-refractivity contribution in [1.82, 2.24) is 9.99 Å². The summed E-state index contributed by atoms with van der Waals surface area (Å²) in [5.41, 5.74) is 6.02. The Kier molecular flexibility index (Phi) is 4.69. The lowest BCUT2D eigenvalue weighted by atomic mass is 9.90. The first-order chi connectivity index (χ1) is 14.6. The molecular formula is C25H26FN3O. The first kappa shape index (κ1) is 19.0. The molecule has 3 atom stereocenters. The van der Waals surface area contributed by atoms with Crippen LogP contribution >= 0.6 is 0 Å². The van der Waals surface area contributed by atoms with E-state index in [4.69, 9.17) is 0 Å². The van der Waals surface area contributed by atoms with Crippen LogP contribution in [0.5, 0.6) is 0 Å². The Morgan fingerprint density at radius 1 is 1.23 bits per heavy atom. The number of nitrogens with one attached hydrogen (secondary N) is 1.